The number of aromatic carboxylic acids is 1. The van der Waals surface area contributed by atoms with Gasteiger partial charge in [0.2, 0.25) is 0 Å². The number of carboxylic acids is 1. The Morgan fingerprint density at radius 1 is 0.979 bits per heavy atom. The summed E-state index contributed by atoms with van der Waals surface area (Å²) in [7, 11) is 1.62. The Balaban J connectivity index is 0.000000479. The Labute approximate surface area is 274 Å². The lowest BCUT2D eigenvalue weighted by atomic mass is 9.86. The van der Waals surface area contributed by atoms with E-state index in [9.17, 15) is 22.8 Å². The van der Waals surface area contributed by atoms with Crippen LogP contribution >= 0.6 is 0 Å². The van der Waals surface area contributed by atoms with Crippen molar-refractivity contribution in [1.82, 2.24) is 24.7 Å². The summed E-state index contributed by atoms with van der Waals surface area (Å²) in [4.78, 5) is 38.6. The fourth-order valence-corrected chi connectivity index (χ4v) is 6.51. The third kappa shape index (κ3) is 8.74. The monoisotopic (exact) mass is 655 g/mol. The molecule has 2 aliphatic heterocycles. The van der Waals surface area contributed by atoms with Crippen molar-refractivity contribution in [3.63, 3.8) is 0 Å². The summed E-state index contributed by atoms with van der Waals surface area (Å²) in [6, 6.07) is 13.8. The van der Waals surface area contributed by atoms with Crippen LogP contribution in [0, 0.1) is 13.8 Å². The maximum atomic E-state index is 13.2. The number of aryl methyl sites for hydroxylation is 2. The van der Waals surface area contributed by atoms with Crippen LogP contribution in [0.2, 0.25) is 0 Å². The molecule has 0 spiro atoms. The first-order valence-electron chi connectivity index (χ1n) is 15.8. The molecule has 1 amide bonds. The van der Waals surface area contributed by atoms with Crippen LogP contribution in [0.4, 0.5) is 13.2 Å². The number of carboxylic acid groups (broad SMARTS) is 1. The highest BCUT2D eigenvalue weighted by molar-refractivity contribution is 5.96. The average Bonchev–Trinajstić information content (AvgIpc) is 3.04. The Morgan fingerprint density at radius 3 is 2.06 bits per heavy atom. The van der Waals surface area contributed by atoms with Gasteiger partial charge in [-0.15, -0.1) is 0 Å². The van der Waals surface area contributed by atoms with E-state index in [4.69, 9.17) is 9.84 Å². The molecule has 254 valence electrons. The van der Waals surface area contributed by atoms with Crippen LogP contribution in [0.25, 0.3) is 0 Å². The molecule has 0 aliphatic carbocycles. The second-order valence-corrected chi connectivity index (χ2v) is 12.5. The molecule has 2 aliphatic rings. The molecule has 2 saturated heterocycles. The van der Waals surface area contributed by atoms with E-state index >= 15 is 0 Å². The zero-order valence-electron chi connectivity index (χ0n) is 27.6. The van der Waals surface area contributed by atoms with E-state index in [2.05, 4.69) is 33.6 Å². The maximum absolute atomic E-state index is 13.2. The number of ether oxygens (including phenoxy) is 1. The number of alkyl halides is 3. The molecule has 2 aromatic carbocycles. The van der Waals surface area contributed by atoms with E-state index < -0.39 is 17.7 Å². The second kappa shape index (κ2) is 15.4. The Hall–Kier alpha value is -3.87. The zero-order chi connectivity index (χ0) is 34.4. The van der Waals surface area contributed by atoms with Gasteiger partial charge in [-0.3, -0.25) is 14.6 Å². The van der Waals surface area contributed by atoms with Gasteiger partial charge in [0.1, 0.15) is 6.33 Å². The van der Waals surface area contributed by atoms with Crippen molar-refractivity contribution in [2.45, 2.75) is 64.3 Å². The summed E-state index contributed by atoms with van der Waals surface area (Å²) in [6.45, 7) is 12.4. The number of hydrogen-bond acceptors (Lipinski definition) is 7. The predicted molar refractivity (Wildman–Crippen MR) is 172 cm³/mol. The normalized spacial score (nSPS) is 19.4. The molecule has 2 fully saturated rings. The maximum Gasteiger partial charge on any atom is 0.416 e. The number of benzene rings is 2. The summed E-state index contributed by atoms with van der Waals surface area (Å²) in [5, 5.41) is 8.38. The number of nitrogens with zero attached hydrogens (tertiary/aromatic N) is 5. The van der Waals surface area contributed by atoms with Crippen LogP contribution in [0.15, 0.2) is 60.9 Å². The van der Waals surface area contributed by atoms with Gasteiger partial charge in [0.25, 0.3) is 5.91 Å². The van der Waals surface area contributed by atoms with Crippen molar-refractivity contribution in [2.24, 2.45) is 0 Å². The summed E-state index contributed by atoms with van der Waals surface area (Å²) in [6.07, 6.45) is -1.12. The first-order chi connectivity index (χ1) is 22.2. The third-order valence-corrected chi connectivity index (χ3v) is 9.38. The van der Waals surface area contributed by atoms with Crippen molar-refractivity contribution < 1.29 is 32.6 Å². The van der Waals surface area contributed by atoms with Crippen molar-refractivity contribution in [2.75, 3.05) is 46.4 Å². The van der Waals surface area contributed by atoms with E-state index in [1.807, 2.05) is 18.7 Å². The Kier molecular flexibility index (Phi) is 11.8. The summed E-state index contributed by atoms with van der Waals surface area (Å²) in [5.41, 5.74) is 2.51. The fraction of sp³-hybridized carbons (Fsp3) is 0.486. The van der Waals surface area contributed by atoms with Gasteiger partial charge in [-0.1, -0.05) is 30.3 Å². The van der Waals surface area contributed by atoms with Gasteiger partial charge in [-0.05, 0) is 70.4 Å². The molecule has 1 N–H and O–H groups in total. The van der Waals surface area contributed by atoms with Gasteiger partial charge in [-0.2, -0.15) is 13.2 Å². The minimum absolute atomic E-state index is 0.000198. The molecular weight excluding hydrogens is 611 g/mol. The van der Waals surface area contributed by atoms with Crippen LogP contribution < -0.4 is 0 Å². The third-order valence-electron chi connectivity index (χ3n) is 9.38. The molecule has 12 heteroatoms. The number of piperidine rings is 1. The van der Waals surface area contributed by atoms with Crippen LogP contribution in [-0.4, -0.2) is 99.7 Å². The first kappa shape index (κ1) is 36.0. The first-order valence-corrected chi connectivity index (χ1v) is 15.8. The molecule has 5 rings (SSSR count). The number of aromatic nitrogens is 2. The van der Waals surface area contributed by atoms with Crippen LogP contribution in [0.1, 0.15) is 76.0 Å². The van der Waals surface area contributed by atoms with Gasteiger partial charge in [0, 0.05) is 51.4 Å². The molecule has 0 saturated carbocycles. The Morgan fingerprint density at radius 2 is 1.57 bits per heavy atom. The van der Waals surface area contributed by atoms with Gasteiger partial charge in [0.05, 0.1) is 40.7 Å². The van der Waals surface area contributed by atoms with Crippen molar-refractivity contribution >= 4 is 11.9 Å². The number of methoxy groups -OCH3 is 1. The number of carbonyl (C=O) groups is 2. The number of likely N-dealkylation sites (tertiary alicyclic amines) is 1. The highest BCUT2D eigenvalue weighted by atomic mass is 19.4. The van der Waals surface area contributed by atoms with Crippen molar-refractivity contribution in [3.05, 3.63) is 94.6 Å². The number of carbonyl (C=O) groups excluding carboxylic acids is 1. The van der Waals surface area contributed by atoms with Crippen molar-refractivity contribution in [3.8, 4) is 0 Å². The van der Waals surface area contributed by atoms with E-state index in [-0.39, 0.29) is 23.5 Å². The van der Waals surface area contributed by atoms with Crippen LogP contribution in [0.5, 0.6) is 0 Å². The molecule has 2 atom stereocenters. The quantitative estimate of drug-likeness (QED) is 0.337. The lowest BCUT2D eigenvalue weighted by Crippen LogP contribution is -2.62. The van der Waals surface area contributed by atoms with Crippen LogP contribution in [-0.2, 0) is 10.9 Å². The predicted octanol–water partition coefficient (Wildman–Crippen LogP) is 5.89. The van der Waals surface area contributed by atoms with E-state index in [0.717, 1.165) is 50.2 Å². The molecule has 3 heterocycles. The van der Waals surface area contributed by atoms with Crippen molar-refractivity contribution in [1.29, 1.82) is 0 Å². The van der Waals surface area contributed by atoms with E-state index in [0.29, 0.717) is 42.2 Å². The Bertz CT molecular complexity index is 1480. The fourth-order valence-electron chi connectivity index (χ4n) is 6.51. The average molecular weight is 656 g/mol. The summed E-state index contributed by atoms with van der Waals surface area (Å²) >= 11 is 0. The molecule has 9 nitrogen and oxygen atoms in total. The van der Waals surface area contributed by atoms with E-state index in [1.54, 1.807) is 49.6 Å². The lowest BCUT2D eigenvalue weighted by molar-refractivity contribution is -0.137. The molecule has 0 radical (unpaired) electrons. The van der Waals surface area contributed by atoms with Gasteiger partial charge in [-0.25, -0.2) is 14.8 Å². The van der Waals surface area contributed by atoms with Gasteiger partial charge < -0.3 is 14.7 Å². The van der Waals surface area contributed by atoms with E-state index in [1.165, 1.54) is 6.33 Å². The van der Waals surface area contributed by atoms with Gasteiger partial charge >= 0.3 is 12.1 Å². The van der Waals surface area contributed by atoms with Gasteiger partial charge in [0.15, 0.2) is 0 Å². The highest BCUT2D eigenvalue weighted by Gasteiger charge is 2.41. The topological polar surface area (TPSA) is 99.1 Å². The summed E-state index contributed by atoms with van der Waals surface area (Å²) in [5.74, 6) is -0.879. The SMILES string of the molecule is COC[C@@H](c1ccc(C(F)(F)F)cc1)N1CCN(C2(C)CCN(C(=O)c3c(C)ncnc3C)CC2)C[C@@H]1C.O=C(O)c1ccccc1. The minimum atomic E-state index is -4.35. The molecule has 0 unspecified atom stereocenters. The van der Waals surface area contributed by atoms with Crippen LogP contribution in [0.3, 0.4) is 0 Å². The smallest absolute Gasteiger partial charge is 0.416 e. The number of piperazine rings is 1. The lowest BCUT2D eigenvalue weighted by Gasteiger charge is -2.52. The zero-order valence-corrected chi connectivity index (χ0v) is 27.6. The molecule has 0 bridgehead atoms. The number of amides is 1. The molecule has 3 aromatic rings. The standard InChI is InChI=1S/C28H38F3N5O2.C7H6O2/c1-19-16-35(14-15-36(19)24(17-38-5)22-6-8-23(9-7-22)28(29,30)31)27(4)10-12-34(13-11-27)26(37)25-20(2)32-18-33-21(25)3;8-7(9)6-4-2-1-3-5-6/h6-9,18-19,24H,10-17H2,1-5H3;1-5H,(H,8,9)/t19-,24-;/m0./s1. The number of rotatable bonds is 7. The highest BCUT2D eigenvalue weighted by Crippen LogP contribution is 2.35. The molecular formula is C35H44F3N5O4. The minimum Gasteiger partial charge on any atom is -0.478 e. The second-order valence-electron chi connectivity index (χ2n) is 12.5. The summed E-state index contributed by atoms with van der Waals surface area (Å²) < 4.78 is 44.7. The largest absolute Gasteiger partial charge is 0.478 e. The molecule has 1 aromatic heterocycles. The number of halogens is 3. The number of hydrogen-bond donors (Lipinski definition) is 1. The molecule has 47 heavy (non-hydrogen) atoms.